The van der Waals surface area contributed by atoms with E-state index < -0.39 is 13.9 Å². The van der Waals surface area contributed by atoms with Gasteiger partial charge in [0.1, 0.15) is 10.8 Å². The van der Waals surface area contributed by atoms with Crippen molar-refractivity contribution in [3.8, 4) is 0 Å². The molecule has 5 nitrogen and oxygen atoms in total. The Hall–Kier alpha value is -1.11. The topological polar surface area (TPSA) is 51.7 Å². The largest absolute Gasteiger partial charge is 0.444 e. The fourth-order valence-electron chi connectivity index (χ4n) is 2.73. The molecule has 0 saturated carbocycles. The first-order valence-corrected chi connectivity index (χ1v) is 13.6. The summed E-state index contributed by atoms with van der Waals surface area (Å²) in [4.78, 5) is 18.8. The van der Waals surface area contributed by atoms with Gasteiger partial charge in [0.25, 0.3) is 0 Å². The van der Waals surface area contributed by atoms with E-state index >= 15 is 0 Å². The normalized spacial score (nSPS) is 15.0. The van der Waals surface area contributed by atoms with Crippen LogP contribution in [0.5, 0.6) is 0 Å². The standard InChI is InChI=1S/C22H39ClN2O3Si/c1-11-12-17(25(8)20(26)27-21(2,3)4)19(16-13-14-18(23)24-15-16)28-29(9,10)22(5,6)7/h13-15,17,19H,11-12H2,1-10H3/t17-,19-/m1/s1. The number of hydrogen-bond acceptors (Lipinski definition) is 4. The monoisotopic (exact) mass is 442 g/mol. The maximum Gasteiger partial charge on any atom is 0.410 e. The van der Waals surface area contributed by atoms with Crippen LogP contribution in [0.3, 0.4) is 0 Å². The Morgan fingerprint density at radius 3 is 2.21 bits per heavy atom. The zero-order chi connectivity index (χ0) is 22.6. The molecule has 0 aromatic carbocycles. The van der Waals surface area contributed by atoms with Gasteiger partial charge in [0, 0.05) is 18.8 Å². The van der Waals surface area contributed by atoms with E-state index in [1.165, 1.54) is 0 Å². The van der Waals surface area contributed by atoms with Crippen LogP contribution < -0.4 is 0 Å². The lowest BCUT2D eigenvalue weighted by atomic mass is 9.99. The number of rotatable bonds is 7. The number of carbonyl (C=O) groups excluding carboxylic acids is 1. The van der Waals surface area contributed by atoms with Gasteiger partial charge in [-0.15, -0.1) is 0 Å². The second-order valence-corrected chi connectivity index (χ2v) is 15.3. The van der Waals surface area contributed by atoms with Gasteiger partial charge in [0.2, 0.25) is 0 Å². The molecule has 7 heteroatoms. The molecule has 1 amide bonds. The van der Waals surface area contributed by atoms with Crippen LogP contribution in [-0.2, 0) is 9.16 Å². The number of halogens is 1. The van der Waals surface area contributed by atoms with Gasteiger partial charge in [-0.05, 0) is 51.4 Å². The van der Waals surface area contributed by atoms with Crippen molar-refractivity contribution < 1.29 is 14.0 Å². The zero-order valence-electron chi connectivity index (χ0n) is 19.8. The van der Waals surface area contributed by atoms with Crippen LogP contribution >= 0.6 is 11.6 Å². The van der Waals surface area contributed by atoms with Gasteiger partial charge in [0.15, 0.2) is 8.32 Å². The SMILES string of the molecule is CCC[C@H]([C@H](O[Si](C)(C)C(C)(C)C)c1ccc(Cl)nc1)N(C)C(=O)OC(C)(C)C. The van der Waals surface area contributed by atoms with Gasteiger partial charge in [-0.1, -0.05) is 51.8 Å². The Kier molecular flexibility index (Phi) is 8.76. The van der Waals surface area contributed by atoms with Crippen LogP contribution in [-0.4, -0.2) is 43.0 Å². The summed E-state index contributed by atoms with van der Waals surface area (Å²) in [6, 6.07) is 3.54. The van der Waals surface area contributed by atoms with Gasteiger partial charge in [-0.3, -0.25) is 0 Å². The molecule has 1 heterocycles. The molecule has 0 saturated heterocycles. The number of carbonyl (C=O) groups is 1. The smallest absolute Gasteiger partial charge is 0.410 e. The number of pyridine rings is 1. The van der Waals surface area contributed by atoms with E-state index in [0.29, 0.717) is 5.15 Å². The van der Waals surface area contributed by atoms with Gasteiger partial charge in [-0.25, -0.2) is 9.78 Å². The molecule has 0 unspecified atom stereocenters. The number of ether oxygens (including phenoxy) is 1. The highest BCUT2D eigenvalue weighted by molar-refractivity contribution is 6.74. The highest BCUT2D eigenvalue weighted by atomic mass is 35.5. The summed E-state index contributed by atoms with van der Waals surface area (Å²) in [6.07, 6.45) is 2.80. The average molecular weight is 443 g/mol. The molecule has 2 atom stereocenters. The fraction of sp³-hybridized carbons (Fsp3) is 0.727. The van der Waals surface area contributed by atoms with E-state index in [9.17, 15) is 4.79 Å². The summed E-state index contributed by atoms with van der Waals surface area (Å²) in [5, 5.41) is 0.471. The summed E-state index contributed by atoms with van der Waals surface area (Å²) < 4.78 is 12.5. The molecule has 1 aromatic rings. The van der Waals surface area contributed by atoms with Gasteiger partial charge >= 0.3 is 6.09 Å². The molecular weight excluding hydrogens is 404 g/mol. The van der Waals surface area contributed by atoms with Crippen molar-refractivity contribution in [1.29, 1.82) is 0 Å². The second kappa shape index (κ2) is 9.80. The van der Waals surface area contributed by atoms with E-state index in [4.69, 9.17) is 20.8 Å². The van der Waals surface area contributed by atoms with Crippen LogP contribution in [0, 0.1) is 0 Å². The van der Waals surface area contributed by atoms with Crippen molar-refractivity contribution in [2.75, 3.05) is 7.05 Å². The van der Waals surface area contributed by atoms with Crippen molar-refractivity contribution in [2.24, 2.45) is 0 Å². The third-order valence-corrected chi connectivity index (χ3v) is 10.1. The summed E-state index contributed by atoms with van der Waals surface area (Å²) in [7, 11) is -0.332. The van der Waals surface area contributed by atoms with E-state index in [1.807, 2.05) is 26.8 Å². The number of nitrogens with zero attached hydrogens (tertiary/aromatic N) is 2. The molecule has 0 aliphatic rings. The molecule has 0 N–H and O–H groups in total. The van der Waals surface area contributed by atoms with Crippen molar-refractivity contribution in [3.63, 3.8) is 0 Å². The van der Waals surface area contributed by atoms with Crippen LogP contribution in [0.25, 0.3) is 0 Å². The summed E-state index contributed by atoms with van der Waals surface area (Å²) >= 11 is 6.02. The maximum atomic E-state index is 12.9. The molecule has 166 valence electrons. The number of amides is 1. The minimum Gasteiger partial charge on any atom is -0.444 e. The highest BCUT2D eigenvalue weighted by Gasteiger charge is 2.42. The summed E-state index contributed by atoms with van der Waals surface area (Å²) in [6.45, 7) is 18.8. The fourth-order valence-corrected chi connectivity index (χ4v) is 4.13. The average Bonchev–Trinajstić information content (AvgIpc) is 2.55. The van der Waals surface area contributed by atoms with E-state index in [0.717, 1.165) is 18.4 Å². The molecule has 29 heavy (non-hydrogen) atoms. The molecule has 0 aliphatic carbocycles. The molecule has 1 rings (SSSR count). The van der Waals surface area contributed by atoms with E-state index in [-0.39, 0.29) is 23.3 Å². The first-order chi connectivity index (χ1) is 13.1. The van der Waals surface area contributed by atoms with Crippen LogP contribution in [0.2, 0.25) is 23.3 Å². The van der Waals surface area contributed by atoms with Crippen molar-refractivity contribution in [1.82, 2.24) is 9.88 Å². The summed E-state index contributed by atoms with van der Waals surface area (Å²) in [5.74, 6) is 0. The Morgan fingerprint density at radius 1 is 1.21 bits per heavy atom. The number of hydrogen-bond donors (Lipinski definition) is 0. The maximum absolute atomic E-state index is 12.9. The molecule has 0 bridgehead atoms. The molecule has 0 fully saturated rings. The Morgan fingerprint density at radius 2 is 1.79 bits per heavy atom. The Bertz CT molecular complexity index is 666. The van der Waals surface area contributed by atoms with Crippen LogP contribution in [0.15, 0.2) is 18.3 Å². The minimum atomic E-state index is -2.12. The lowest BCUT2D eigenvalue weighted by Gasteiger charge is -2.43. The van der Waals surface area contributed by atoms with E-state index in [2.05, 4.69) is 45.8 Å². The lowest BCUT2D eigenvalue weighted by Crippen LogP contribution is -2.49. The Balaban J connectivity index is 3.37. The summed E-state index contributed by atoms with van der Waals surface area (Å²) in [5.41, 5.74) is 0.368. The quantitative estimate of drug-likeness (QED) is 0.342. The molecular formula is C22H39ClN2O3Si. The number of likely N-dealkylation sites (N-methyl/N-ethyl adjacent to an activating group) is 1. The van der Waals surface area contributed by atoms with Gasteiger partial charge in [-0.2, -0.15) is 0 Å². The third-order valence-electron chi connectivity index (χ3n) is 5.42. The first-order valence-electron chi connectivity index (χ1n) is 10.3. The molecule has 1 aromatic heterocycles. The van der Waals surface area contributed by atoms with Crippen molar-refractivity contribution in [3.05, 3.63) is 29.0 Å². The third kappa shape index (κ3) is 7.57. The van der Waals surface area contributed by atoms with Crippen LogP contribution in [0.4, 0.5) is 4.79 Å². The van der Waals surface area contributed by atoms with Crippen molar-refractivity contribution in [2.45, 2.75) is 97.2 Å². The predicted octanol–water partition coefficient (Wildman–Crippen LogP) is 6.83. The Labute approximate surface area is 183 Å². The highest BCUT2D eigenvalue weighted by Crippen LogP contribution is 2.42. The lowest BCUT2D eigenvalue weighted by molar-refractivity contribution is 0.00214. The van der Waals surface area contributed by atoms with Gasteiger partial charge in [0.05, 0.1) is 12.1 Å². The van der Waals surface area contributed by atoms with E-state index in [1.54, 1.807) is 24.2 Å². The number of aromatic nitrogens is 1. The van der Waals surface area contributed by atoms with Gasteiger partial charge < -0.3 is 14.1 Å². The first kappa shape index (κ1) is 25.9. The van der Waals surface area contributed by atoms with Crippen molar-refractivity contribution >= 4 is 26.0 Å². The minimum absolute atomic E-state index is 0.0341. The predicted molar refractivity (Wildman–Crippen MR) is 123 cm³/mol. The van der Waals surface area contributed by atoms with Crippen LogP contribution in [0.1, 0.15) is 73.0 Å². The molecule has 0 radical (unpaired) electrons. The zero-order valence-corrected chi connectivity index (χ0v) is 21.6. The second-order valence-electron chi connectivity index (χ2n) is 10.2. The molecule has 0 aliphatic heterocycles. The molecule has 0 spiro atoms.